The monoisotopic (exact) mass is 778 g/mol. The summed E-state index contributed by atoms with van der Waals surface area (Å²) in [7, 11) is 0. The Balaban J connectivity index is 1.44. The van der Waals surface area contributed by atoms with Crippen LogP contribution in [-0.4, -0.2) is 119 Å². The van der Waals surface area contributed by atoms with E-state index in [9.17, 15) is 38.9 Å². The van der Waals surface area contributed by atoms with Crippen LogP contribution in [0.3, 0.4) is 0 Å². The van der Waals surface area contributed by atoms with E-state index in [1.54, 1.807) is 0 Å². The maximum absolute atomic E-state index is 14.2. The predicted octanol–water partition coefficient (Wildman–Crippen LogP) is 0.408. The third-order valence-electron chi connectivity index (χ3n) is 8.13. The third-order valence-corrected chi connectivity index (χ3v) is 8.13. The molecule has 4 heterocycles. The fraction of sp³-hybridized carbons (Fsp3) is 0.545. The zero-order chi connectivity index (χ0) is 40.2. The molecule has 1 unspecified atom stereocenters. The van der Waals surface area contributed by atoms with Gasteiger partial charge in [0, 0.05) is 60.2 Å². The van der Waals surface area contributed by atoms with Gasteiger partial charge in [0.25, 0.3) is 17.5 Å². The number of aromatic nitrogens is 2. The van der Waals surface area contributed by atoms with Gasteiger partial charge in [-0.1, -0.05) is 12.1 Å². The van der Waals surface area contributed by atoms with E-state index in [0.717, 1.165) is 27.7 Å². The number of benzene rings is 1. The summed E-state index contributed by atoms with van der Waals surface area (Å²) in [4.78, 5) is 88.2. The molecule has 3 aliphatic rings. The van der Waals surface area contributed by atoms with E-state index in [-0.39, 0.29) is 24.5 Å². The molecule has 5 rings (SSSR count). The number of nitro groups is 1. The van der Waals surface area contributed by atoms with Crippen molar-refractivity contribution in [1.29, 1.82) is 0 Å². The lowest BCUT2D eigenvalue weighted by Gasteiger charge is -2.28. The lowest BCUT2D eigenvalue weighted by Crippen LogP contribution is -2.50. The number of nitro benzene ring substituents is 1. The lowest BCUT2D eigenvalue weighted by molar-refractivity contribution is -0.384. The molecule has 9 atom stereocenters. The molecule has 0 aliphatic carbocycles. The van der Waals surface area contributed by atoms with Crippen LogP contribution in [0.2, 0.25) is 0 Å². The number of hydrogen-bond acceptors (Lipinski definition) is 19. The summed E-state index contributed by atoms with van der Waals surface area (Å²) >= 11 is 0. The highest BCUT2D eigenvalue weighted by Gasteiger charge is 2.59. The van der Waals surface area contributed by atoms with Crippen LogP contribution >= 0.6 is 0 Å². The molecule has 3 fully saturated rings. The number of nitrogens with one attached hydrogen (secondary N) is 1. The zero-order valence-corrected chi connectivity index (χ0v) is 30.3. The van der Waals surface area contributed by atoms with Gasteiger partial charge in [0.1, 0.15) is 25.4 Å². The Morgan fingerprint density at radius 2 is 1.38 bits per heavy atom. The molecular weight excluding hydrogens is 740 g/mol. The van der Waals surface area contributed by atoms with Gasteiger partial charge in [-0.15, -0.1) is 0 Å². The number of esters is 5. The first-order valence-corrected chi connectivity index (χ1v) is 16.7. The molecule has 55 heavy (non-hydrogen) atoms. The number of non-ortho nitro benzene ring substituents is 1. The summed E-state index contributed by atoms with van der Waals surface area (Å²) in [6, 6.07) is 5.47. The first-order valence-electron chi connectivity index (χ1n) is 16.7. The number of carbonyl (C=O) groups excluding carboxylic acids is 6. The van der Waals surface area contributed by atoms with Gasteiger partial charge in [-0.2, -0.15) is 0 Å². The van der Waals surface area contributed by atoms with Crippen molar-refractivity contribution < 1.29 is 81.1 Å². The quantitative estimate of drug-likeness (QED) is 0.118. The minimum atomic E-state index is -1.93. The molecule has 1 N–H and O–H groups in total. The highest BCUT2D eigenvalue weighted by Crippen LogP contribution is 2.39. The number of ether oxygens (including phenoxy) is 10. The molecule has 0 spiro atoms. The Morgan fingerprint density at radius 1 is 0.818 bits per heavy atom. The minimum Gasteiger partial charge on any atom is -0.463 e. The molecule has 0 bridgehead atoms. The Morgan fingerprint density at radius 3 is 1.95 bits per heavy atom. The summed E-state index contributed by atoms with van der Waals surface area (Å²) in [6.07, 6.45) is -8.64. The van der Waals surface area contributed by atoms with Crippen LogP contribution in [0.4, 0.5) is 5.69 Å². The maximum Gasteiger partial charge on any atom is 0.303 e. The van der Waals surface area contributed by atoms with Gasteiger partial charge in [-0.25, -0.2) is 4.98 Å². The van der Waals surface area contributed by atoms with Crippen LogP contribution in [0.5, 0.6) is 5.88 Å². The molecule has 22 heteroatoms. The van der Waals surface area contributed by atoms with Crippen molar-refractivity contribution >= 4 is 41.4 Å². The van der Waals surface area contributed by atoms with Gasteiger partial charge in [0.15, 0.2) is 30.3 Å². The van der Waals surface area contributed by atoms with Crippen LogP contribution in [-0.2, 0) is 73.1 Å². The lowest BCUT2D eigenvalue weighted by atomic mass is 10.1. The fourth-order valence-corrected chi connectivity index (χ4v) is 6.01. The second kappa shape index (κ2) is 16.8. The van der Waals surface area contributed by atoms with E-state index >= 15 is 0 Å². The third kappa shape index (κ3) is 9.89. The van der Waals surface area contributed by atoms with Crippen molar-refractivity contribution in [2.75, 3.05) is 13.2 Å². The summed E-state index contributed by atoms with van der Waals surface area (Å²) in [5.74, 6) is -6.81. The van der Waals surface area contributed by atoms with Crippen LogP contribution in [0.15, 0.2) is 30.6 Å². The van der Waals surface area contributed by atoms with Crippen molar-refractivity contribution in [2.45, 2.75) is 103 Å². The molecule has 1 amide bonds. The number of imidazole rings is 1. The SMILES string of the molecule is CC(=O)OC[C@H]1O[C@@H](Oc2ncn(Cc3ccc([N+](=O)[O-])cc3)c2C(=O)NC2(C)O[C@H]3O[C@H](COC(C)=O)[C@@H](OC(C)=O)[C@H]3O2)[C@H](OC(C)=O)[C@@H]1OC(C)=O. The topological polar surface area (TPSA) is 268 Å². The van der Waals surface area contributed by atoms with Crippen LogP contribution in [0, 0.1) is 10.1 Å². The van der Waals surface area contributed by atoms with Crippen LogP contribution in [0.1, 0.15) is 57.6 Å². The molecule has 0 radical (unpaired) electrons. The summed E-state index contributed by atoms with van der Waals surface area (Å²) in [5, 5.41) is 13.8. The highest BCUT2D eigenvalue weighted by molar-refractivity contribution is 5.95. The van der Waals surface area contributed by atoms with Gasteiger partial charge in [0.2, 0.25) is 18.3 Å². The zero-order valence-electron chi connectivity index (χ0n) is 30.3. The van der Waals surface area contributed by atoms with Gasteiger partial charge in [-0.05, 0) is 5.56 Å². The first kappa shape index (κ1) is 40.5. The van der Waals surface area contributed by atoms with Gasteiger partial charge in [0.05, 0.1) is 11.3 Å². The smallest absolute Gasteiger partial charge is 0.303 e. The Kier molecular flexibility index (Phi) is 12.3. The Hall–Kier alpha value is -5.71. The normalized spacial score (nSPS) is 28.0. The maximum atomic E-state index is 14.2. The molecule has 3 saturated heterocycles. The molecule has 1 aromatic carbocycles. The van der Waals surface area contributed by atoms with E-state index in [1.165, 1.54) is 49.0 Å². The van der Waals surface area contributed by atoms with Crippen LogP contribution in [0.25, 0.3) is 0 Å². The standard InChI is InChI=1S/C33H38N4O18/c1-15(38)46-12-22-25(48-17(3)40)27(50-19(5)42)31(51-22)53-30-24(36(14-34-30)11-20-7-9-21(10-8-20)37(44)45)29(43)35-33(6)54-28-26(49-18(4)41)23(13-47-16(2)39)52-32(28)55-33/h7-10,14,22-23,25-28,31-32H,11-13H2,1-6H3,(H,35,43)/t22-,23-,25-,26-,27-,28-,31+,32-,33?/m1/s1. The molecule has 3 aliphatic heterocycles. The average molecular weight is 779 g/mol. The summed E-state index contributed by atoms with van der Waals surface area (Å²) < 4.78 is 57.3. The number of carbonyl (C=O) groups is 6. The van der Waals surface area contributed by atoms with E-state index < -0.39 is 108 Å². The van der Waals surface area contributed by atoms with Gasteiger partial charge >= 0.3 is 29.8 Å². The first-order chi connectivity index (χ1) is 25.9. The summed E-state index contributed by atoms with van der Waals surface area (Å²) in [6.45, 7) is 6.23. The minimum absolute atomic E-state index is 0.0830. The molecule has 2 aromatic rings. The number of nitrogens with zero attached hydrogens (tertiary/aromatic N) is 3. The highest BCUT2D eigenvalue weighted by atomic mass is 16.9. The number of fused-ring (bicyclic) bond motifs is 1. The molecule has 22 nitrogen and oxygen atoms in total. The van der Waals surface area contributed by atoms with E-state index in [0.29, 0.717) is 5.56 Å². The van der Waals surface area contributed by atoms with E-state index in [4.69, 9.17) is 47.4 Å². The second-order valence-electron chi connectivity index (χ2n) is 12.6. The van der Waals surface area contributed by atoms with Gasteiger partial charge < -0.3 is 51.9 Å². The average Bonchev–Trinajstić information content (AvgIpc) is 3.80. The van der Waals surface area contributed by atoms with Crippen molar-refractivity contribution in [3.05, 3.63) is 52.0 Å². The van der Waals surface area contributed by atoms with Gasteiger partial charge in [-0.3, -0.25) is 44.2 Å². The number of hydrogen-bond donors (Lipinski definition) is 1. The molecule has 1 aromatic heterocycles. The number of amides is 1. The number of rotatable bonds is 14. The Labute approximate surface area is 311 Å². The van der Waals surface area contributed by atoms with Crippen molar-refractivity contribution in [3.63, 3.8) is 0 Å². The van der Waals surface area contributed by atoms with E-state index in [2.05, 4.69) is 10.3 Å². The van der Waals surface area contributed by atoms with Crippen LogP contribution < -0.4 is 10.1 Å². The summed E-state index contributed by atoms with van der Waals surface area (Å²) in [5.41, 5.74) is 0.0439. The molecule has 0 saturated carbocycles. The predicted molar refractivity (Wildman–Crippen MR) is 174 cm³/mol. The van der Waals surface area contributed by atoms with E-state index in [1.807, 2.05) is 0 Å². The fourth-order valence-electron chi connectivity index (χ4n) is 6.01. The largest absolute Gasteiger partial charge is 0.463 e. The second-order valence-corrected chi connectivity index (χ2v) is 12.6. The molecule has 298 valence electrons. The van der Waals surface area contributed by atoms with Crippen molar-refractivity contribution in [2.24, 2.45) is 0 Å². The Bertz CT molecular complexity index is 1820. The molecular formula is C33H38N4O18. The van der Waals surface area contributed by atoms with Crippen molar-refractivity contribution in [3.8, 4) is 5.88 Å². The van der Waals surface area contributed by atoms with Crippen molar-refractivity contribution in [1.82, 2.24) is 14.9 Å².